The fourth-order valence-electron chi connectivity index (χ4n) is 1.76. The molecule has 1 atom stereocenters. The Morgan fingerprint density at radius 2 is 2.14 bits per heavy atom. The topological polar surface area (TPSA) is 12.0 Å². The molecular formula is C12H21NS. The molecule has 0 bridgehead atoms. The molecule has 0 saturated heterocycles. The van der Waals surface area contributed by atoms with E-state index in [1.165, 1.54) is 16.9 Å². The average Bonchev–Trinajstić information content (AvgIpc) is 2.53. The second-order valence-electron chi connectivity index (χ2n) is 4.53. The third kappa shape index (κ3) is 2.18. The van der Waals surface area contributed by atoms with E-state index in [9.17, 15) is 0 Å². The molecule has 14 heavy (non-hydrogen) atoms. The zero-order valence-corrected chi connectivity index (χ0v) is 10.7. The normalized spacial score (nSPS) is 14.4. The third-order valence-electron chi connectivity index (χ3n) is 3.15. The van der Waals surface area contributed by atoms with Gasteiger partial charge >= 0.3 is 0 Å². The highest BCUT2D eigenvalue weighted by Crippen LogP contribution is 2.39. The lowest BCUT2D eigenvalue weighted by Gasteiger charge is -2.33. The van der Waals surface area contributed by atoms with Crippen molar-refractivity contribution in [1.29, 1.82) is 0 Å². The lowest BCUT2D eigenvalue weighted by atomic mass is 9.80. The van der Waals surface area contributed by atoms with E-state index >= 15 is 0 Å². The molecule has 1 rings (SSSR count). The second-order valence-corrected chi connectivity index (χ2v) is 5.48. The monoisotopic (exact) mass is 211 g/mol. The SMILES string of the molecule is CCC(C)(C)C(NC)c1sccc1C. The summed E-state index contributed by atoms with van der Waals surface area (Å²) >= 11 is 1.86. The van der Waals surface area contributed by atoms with Crippen LogP contribution in [0.3, 0.4) is 0 Å². The summed E-state index contributed by atoms with van der Waals surface area (Å²) in [6, 6.07) is 2.68. The van der Waals surface area contributed by atoms with Crippen LogP contribution in [-0.4, -0.2) is 7.05 Å². The minimum absolute atomic E-state index is 0.324. The quantitative estimate of drug-likeness (QED) is 0.799. The van der Waals surface area contributed by atoms with Crippen molar-refractivity contribution in [2.75, 3.05) is 7.05 Å². The van der Waals surface area contributed by atoms with E-state index in [0.29, 0.717) is 11.5 Å². The number of hydrogen-bond acceptors (Lipinski definition) is 2. The molecule has 1 heterocycles. The van der Waals surface area contributed by atoms with Gasteiger partial charge in [0.05, 0.1) is 0 Å². The number of thiophene rings is 1. The summed E-state index contributed by atoms with van der Waals surface area (Å²) < 4.78 is 0. The van der Waals surface area contributed by atoms with Crippen molar-refractivity contribution in [3.8, 4) is 0 Å². The van der Waals surface area contributed by atoms with Gasteiger partial charge in [0, 0.05) is 10.9 Å². The molecule has 0 radical (unpaired) electrons. The highest BCUT2D eigenvalue weighted by Gasteiger charge is 2.29. The van der Waals surface area contributed by atoms with Crippen LogP contribution in [0.4, 0.5) is 0 Å². The number of aryl methyl sites for hydroxylation is 1. The van der Waals surface area contributed by atoms with Crippen LogP contribution in [0, 0.1) is 12.3 Å². The van der Waals surface area contributed by atoms with Crippen molar-refractivity contribution in [2.24, 2.45) is 5.41 Å². The molecule has 0 aliphatic carbocycles. The Hall–Kier alpha value is -0.340. The van der Waals surface area contributed by atoms with Gasteiger partial charge in [-0.15, -0.1) is 11.3 Å². The summed E-state index contributed by atoms with van der Waals surface area (Å²) in [5.74, 6) is 0. The van der Waals surface area contributed by atoms with E-state index in [1.54, 1.807) is 0 Å². The van der Waals surface area contributed by atoms with Crippen LogP contribution < -0.4 is 5.32 Å². The largest absolute Gasteiger partial charge is 0.312 e. The zero-order valence-electron chi connectivity index (χ0n) is 9.85. The van der Waals surface area contributed by atoms with Gasteiger partial charge in [-0.3, -0.25) is 0 Å². The number of nitrogens with one attached hydrogen (secondary N) is 1. The Balaban J connectivity index is 2.99. The molecule has 0 aromatic carbocycles. The standard InChI is InChI=1S/C12H21NS/c1-6-12(3,4)11(13-5)10-9(2)7-8-14-10/h7-8,11,13H,6H2,1-5H3. The maximum Gasteiger partial charge on any atom is 0.0466 e. The minimum atomic E-state index is 0.324. The van der Waals surface area contributed by atoms with E-state index < -0.39 is 0 Å². The fourth-order valence-corrected chi connectivity index (χ4v) is 3.01. The number of rotatable bonds is 4. The zero-order chi connectivity index (χ0) is 10.8. The van der Waals surface area contributed by atoms with Crippen LogP contribution in [0.5, 0.6) is 0 Å². The Morgan fingerprint density at radius 1 is 1.50 bits per heavy atom. The Morgan fingerprint density at radius 3 is 2.50 bits per heavy atom. The molecular weight excluding hydrogens is 190 g/mol. The summed E-state index contributed by atoms with van der Waals surface area (Å²) in [6.45, 7) is 9.11. The Labute approximate surface area is 91.5 Å². The molecule has 0 saturated carbocycles. The highest BCUT2D eigenvalue weighted by molar-refractivity contribution is 7.10. The van der Waals surface area contributed by atoms with Crippen LogP contribution >= 0.6 is 11.3 Å². The lowest BCUT2D eigenvalue weighted by molar-refractivity contribution is 0.248. The van der Waals surface area contributed by atoms with Crippen LogP contribution in [0.25, 0.3) is 0 Å². The van der Waals surface area contributed by atoms with Gasteiger partial charge in [0.15, 0.2) is 0 Å². The average molecular weight is 211 g/mol. The van der Waals surface area contributed by atoms with E-state index in [4.69, 9.17) is 0 Å². The van der Waals surface area contributed by atoms with Gasteiger partial charge in [-0.25, -0.2) is 0 Å². The molecule has 0 aliphatic rings. The molecule has 1 aromatic heterocycles. The van der Waals surface area contributed by atoms with Gasteiger partial charge in [-0.1, -0.05) is 20.8 Å². The van der Waals surface area contributed by atoms with Crippen LogP contribution in [0.15, 0.2) is 11.4 Å². The second kappa shape index (κ2) is 4.45. The van der Waals surface area contributed by atoms with E-state index in [-0.39, 0.29) is 0 Å². The maximum atomic E-state index is 3.45. The molecule has 80 valence electrons. The molecule has 2 heteroatoms. The van der Waals surface area contributed by atoms with Gasteiger partial charge in [-0.2, -0.15) is 0 Å². The van der Waals surface area contributed by atoms with Crippen molar-refractivity contribution >= 4 is 11.3 Å². The van der Waals surface area contributed by atoms with Gasteiger partial charge in [0.25, 0.3) is 0 Å². The molecule has 0 amide bonds. The lowest BCUT2D eigenvalue weighted by Crippen LogP contribution is -2.31. The van der Waals surface area contributed by atoms with Crippen LogP contribution in [0.1, 0.15) is 43.7 Å². The Kier molecular flexibility index (Phi) is 3.73. The van der Waals surface area contributed by atoms with Gasteiger partial charge in [0.1, 0.15) is 0 Å². The maximum absolute atomic E-state index is 3.45. The highest BCUT2D eigenvalue weighted by atomic mass is 32.1. The van der Waals surface area contributed by atoms with E-state index in [2.05, 4.69) is 51.5 Å². The van der Waals surface area contributed by atoms with E-state index in [0.717, 1.165) is 0 Å². The molecule has 1 unspecified atom stereocenters. The molecule has 0 aliphatic heterocycles. The predicted octanol–water partition coefficient (Wildman–Crippen LogP) is 3.75. The van der Waals surface area contributed by atoms with Crippen molar-refractivity contribution < 1.29 is 0 Å². The first-order valence-corrected chi connectivity index (χ1v) is 6.12. The molecule has 0 spiro atoms. The summed E-state index contributed by atoms with van der Waals surface area (Å²) in [5, 5.41) is 5.63. The first kappa shape index (κ1) is 11.7. The summed E-state index contributed by atoms with van der Waals surface area (Å²) in [4.78, 5) is 1.49. The Bertz CT molecular complexity index is 288. The first-order chi connectivity index (χ1) is 6.53. The molecule has 1 N–H and O–H groups in total. The molecule has 0 fully saturated rings. The van der Waals surface area contributed by atoms with Crippen LogP contribution in [0.2, 0.25) is 0 Å². The van der Waals surface area contributed by atoms with E-state index in [1.807, 2.05) is 11.3 Å². The molecule has 1 aromatic rings. The molecule has 1 nitrogen and oxygen atoms in total. The summed E-state index contributed by atoms with van der Waals surface area (Å²) in [5.41, 5.74) is 1.74. The van der Waals surface area contributed by atoms with Gasteiger partial charge in [-0.05, 0) is 42.8 Å². The number of hydrogen-bond donors (Lipinski definition) is 1. The van der Waals surface area contributed by atoms with Gasteiger partial charge in [0.2, 0.25) is 0 Å². The van der Waals surface area contributed by atoms with Crippen molar-refractivity contribution in [2.45, 2.75) is 40.2 Å². The smallest absolute Gasteiger partial charge is 0.0466 e. The third-order valence-corrected chi connectivity index (χ3v) is 4.23. The fraction of sp³-hybridized carbons (Fsp3) is 0.667. The first-order valence-electron chi connectivity index (χ1n) is 5.24. The summed E-state index contributed by atoms with van der Waals surface area (Å²) in [6.07, 6.45) is 1.19. The minimum Gasteiger partial charge on any atom is -0.312 e. The van der Waals surface area contributed by atoms with Crippen LogP contribution in [-0.2, 0) is 0 Å². The summed E-state index contributed by atoms with van der Waals surface area (Å²) in [7, 11) is 2.06. The predicted molar refractivity (Wildman–Crippen MR) is 64.9 cm³/mol. The van der Waals surface area contributed by atoms with Crippen molar-refractivity contribution in [1.82, 2.24) is 5.32 Å². The van der Waals surface area contributed by atoms with Crippen molar-refractivity contribution in [3.63, 3.8) is 0 Å². The van der Waals surface area contributed by atoms with Crippen molar-refractivity contribution in [3.05, 3.63) is 21.9 Å². The van der Waals surface area contributed by atoms with Gasteiger partial charge < -0.3 is 5.32 Å².